The molecule has 152 valence electrons. The molecule has 2 aromatic carbocycles. The smallest absolute Gasteiger partial charge is 0.294 e. The number of pyridine rings is 1. The van der Waals surface area contributed by atoms with Gasteiger partial charge in [-0.25, -0.2) is 0 Å². The Morgan fingerprint density at radius 2 is 1.52 bits per heavy atom. The zero-order chi connectivity index (χ0) is 21.4. The summed E-state index contributed by atoms with van der Waals surface area (Å²) in [6.07, 6.45) is 6.07. The van der Waals surface area contributed by atoms with E-state index in [1.165, 1.54) is 41.1 Å². The highest BCUT2D eigenvalue weighted by Gasteiger charge is 2.07. The van der Waals surface area contributed by atoms with Crippen LogP contribution in [-0.2, 0) is 10.1 Å². The Labute approximate surface area is 172 Å². The second-order valence-electron chi connectivity index (χ2n) is 6.59. The van der Waals surface area contributed by atoms with Crippen LogP contribution in [0.1, 0.15) is 16.8 Å². The highest BCUT2D eigenvalue weighted by atomic mass is 32.2. The number of nitrogens with zero attached hydrogens (tertiary/aromatic N) is 2. The van der Waals surface area contributed by atoms with Crippen LogP contribution in [0.25, 0.3) is 12.2 Å². The average molecular weight is 412 g/mol. The molecule has 0 saturated heterocycles. The second-order valence-corrected chi connectivity index (χ2v) is 8.02. The van der Waals surface area contributed by atoms with E-state index in [0.29, 0.717) is 5.69 Å². The van der Waals surface area contributed by atoms with Gasteiger partial charge < -0.3 is 10.6 Å². The van der Waals surface area contributed by atoms with E-state index in [1.54, 1.807) is 0 Å². The maximum absolute atomic E-state index is 10.5. The number of aromatic nitrogens is 1. The Hall–Kier alpha value is -3.16. The van der Waals surface area contributed by atoms with Crippen molar-refractivity contribution in [3.05, 3.63) is 83.7 Å². The molecule has 0 radical (unpaired) electrons. The van der Waals surface area contributed by atoms with Gasteiger partial charge in [0.2, 0.25) is 0 Å². The van der Waals surface area contributed by atoms with E-state index >= 15 is 0 Å². The third-order valence-corrected chi connectivity index (χ3v) is 4.84. The van der Waals surface area contributed by atoms with E-state index in [0.717, 1.165) is 5.69 Å². The van der Waals surface area contributed by atoms with Crippen molar-refractivity contribution in [2.75, 3.05) is 24.7 Å². The van der Waals surface area contributed by atoms with Crippen LogP contribution in [0.4, 0.5) is 11.4 Å². The molecule has 0 saturated carbocycles. The van der Waals surface area contributed by atoms with Gasteiger partial charge in [-0.2, -0.15) is 8.42 Å². The van der Waals surface area contributed by atoms with Gasteiger partial charge in [0.15, 0.2) is 0 Å². The van der Waals surface area contributed by atoms with Crippen molar-refractivity contribution in [1.29, 1.82) is 0 Å². The maximum Gasteiger partial charge on any atom is 0.294 e. The van der Waals surface area contributed by atoms with Crippen LogP contribution >= 0.6 is 0 Å². The summed E-state index contributed by atoms with van der Waals surface area (Å²) in [5.41, 5.74) is 10.4. The lowest BCUT2D eigenvalue weighted by molar-refractivity contribution is 0.483. The summed E-state index contributed by atoms with van der Waals surface area (Å²) in [6.45, 7) is 2.00. The van der Waals surface area contributed by atoms with Crippen LogP contribution in [0.5, 0.6) is 0 Å². The molecular weight excluding hydrogens is 386 g/mol. The molecule has 3 N–H and O–H groups in total. The van der Waals surface area contributed by atoms with Gasteiger partial charge in [-0.15, -0.1) is 0 Å². The lowest BCUT2D eigenvalue weighted by atomic mass is 10.1. The third-order valence-electron chi connectivity index (χ3n) is 3.98. The van der Waals surface area contributed by atoms with E-state index < -0.39 is 10.1 Å². The molecular formula is C22H25N3O3S. The largest absolute Gasteiger partial charge is 0.399 e. The van der Waals surface area contributed by atoms with Crippen molar-refractivity contribution >= 4 is 33.6 Å². The number of nitrogen functional groups attached to an aromatic ring is 1. The van der Waals surface area contributed by atoms with Gasteiger partial charge in [0.05, 0.1) is 4.90 Å². The molecule has 1 heterocycles. The summed E-state index contributed by atoms with van der Waals surface area (Å²) >= 11 is 0. The fourth-order valence-electron chi connectivity index (χ4n) is 2.39. The standard InChI is InChI=1S/C16H18N2.C6H7NO3S/c1-13-12-15(10-11-17-13)5-4-14-6-8-16(9-7-14)18(2)3;7-5-1-3-6(4-2-5)11(8,9)10/h4-12H,1-3H3;1-4H,7H2,(H,8,9,10). The first-order chi connectivity index (χ1) is 13.6. The number of anilines is 2. The van der Waals surface area contributed by atoms with Crippen LogP contribution in [0.3, 0.4) is 0 Å². The monoisotopic (exact) mass is 411 g/mol. The van der Waals surface area contributed by atoms with Gasteiger partial charge in [0.1, 0.15) is 0 Å². The van der Waals surface area contributed by atoms with Gasteiger partial charge in [-0.3, -0.25) is 9.54 Å². The third kappa shape index (κ3) is 7.40. The lowest BCUT2D eigenvalue weighted by Crippen LogP contribution is -2.07. The normalized spacial score (nSPS) is 11.0. The van der Waals surface area contributed by atoms with Crippen LogP contribution in [0.15, 0.2) is 71.8 Å². The minimum atomic E-state index is -4.08. The second kappa shape index (κ2) is 9.86. The average Bonchev–Trinajstić information content (AvgIpc) is 2.67. The molecule has 3 aromatic rings. The first kappa shape index (κ1) is 22.1. The zero-order valence-corrected chi connectivity index (χ0v) is 17.5. The van der Waals surface area contributed by atoms with Crippen molar-refractivity contribution in [2.24, 2.45) is 0 Å². The van der Waals surface area contributed by atoms with Crippen molar-refractivity contribution < 1.29 is 13.0 Å². The number of aryl methyl sites for hydroxylation is 1. The van der Waals surface area contributed by atoms with E-state index in [4.69, 9.17) is 10.3 Å². The predicted molar refractivity (Wildman–Crippen MR) is 119 cm³/mol. The summed E-state index contributed by atoms with van der Waals surface area (Å²) in [4.78, 5) is 6.14. The summed E-state index contributed by atoms with van der Waals surface area (Å²) in [7, 11) is 0.0173. The SMILES string of the molecule is Cc1cc(C=Cc2ccc(N(C)C)cc2)ccn1.Nc1ccc(S(=O)(=O)O)cc1. The number of hydrogen-bond donors (Lipinski definition) is 2. The van der Waals surface area contributed by atoms with Crippen LogP contribution in [0, 0.1) is 6.92 Å². The van der Waals surface area contributed by atoms with E-state index in [-0.39, 0.29) is 4.90 Å². The molecule has 6 nitrogen and oxygen atoms in total. The molecule has 0 bridgehead atoms. The van der Waals surface area contributed by atoms with Crippen molar-refractivity contribution in [2.45, 2.75) is 11.8 Å². The molecule has 0 aliphatic carbocycles. The van der Waals surface area contributed by atoms with Crippen LogP contribution in [-0.4, -0.2) is 32.0 Å². The Bertz CT molecular complexity index is 1060. The molecule has 29 heavy (non-hydrogen) atoms. The summed E-state index contributed by atoms with van der Waals surface area (Å²) < 4.78 is 29.4. The van der Waals surface area contributed by atoms with Crippen molar-refractivity contribution in [3.8, 4) is 0 Å². The molecule has 1 aromatic heterocycles. The topological polar surface area (TPSA) is 96.5 Å². The molecule has 7 heteroatoms. The van der Waals surface area contributed by atoms with Crippen LogP contribution in [0.2, 0.25) is 0 Å². The van der Waals surface area contributed by atoms with Crippen LogP contribution < -0.4 is 10.6 Å². The van der Waals surface area contributed by atoms with Gasteiger partial charge in [0, 0.05) is 37.4 Å². The number of rotatable bonds is 4. The van der Waals surface area contributed by atoms with E-state index in [9.17, 15) is 8.42 Å². The predicted octanol–water partition coefficient (Wildman–Crippen LogP) is 4.14. The Morgan fingerprint density at radius 1 is 0.931 bits per heavy atom. The molecule has 3 rings (SSSR count). The fourth-order valence-corrected chi connectivity index (χ4v) is 2.87. The Morgan fingerprint density at radius 3 is 2.03 bits per heavy atom. The number of hydrogen-bond acceptors (Lipinski definition) is 5. The van der Waals surface area contributed by atoms with E-state index in [2.05, 4.69) is 52.4 Å². The van der Waals surface area contributed by atoms with Crippen molar-refractivity contribution in [1.82, 2.24) is 4.98 Å². The first-order valence-electron chi connectivity index (χ1n) is 8.86. The highest BCUT2D eigenvalue weighted by Crippen LogP contribution is 2.14. The van der Waals surface area contributed by atoms with Gasteiger partial charge >= 0.3 is 0 Å². The van der Waals surface area contributed by atoms with Gasteiger partial charge in [0.25, 0.3) is 10.1 Å². The molecule has 0 atom stereocenters. The number of nitrogens with two attached hydrogens (primary N) is 1. The maximum atomic E-state index is 10.5. The molecule has 0 amide bonds. The van der Waals surface area contributed by atoms with Gasteiger partial charge in [-0.05, 0) is 66.6 Å². The van der Waals surface area contributed by atoms with E-state index in [1.807, 2.05) is 33.3 Å². The molecule has 0 unspecified atom stereocenters. The van der Waals surface area contributed by atoms with Crippen molar-refractivity contribution in [3.63, 3.8) is 0 Å². The minimum Gasteiger partial charge on any atom is -0.399 e. The Kier molecular flexibility index (Phi) is 7.52. The highest BCUT2D eigenvalue weighted by molar-refractivity contribution is 7.85. The first-order valence-corrected chi connectivity index (χ1v) is 10.3. The number of benzene rings is 2. The minimum absolute atomic E-state index is 0.147. The zero-order valence-electron chi connectivity index (χ0n) is 16.6. The molecule has 0 aliphatic heterocycles. The lowest BCUT2D eigenvalue weighted by Gasteiger charge is -2.11. The molecule has 0 spiro atoms. The van der Waals surface area contributed by atoms with Gasteiger partial charge in [-0.1, -0.05) is 24.3 Å². The Balaban J connectivity index is 0.000000234. The fraction of sp³-hybridized carbons (Fsp3) is 0.136. The molecule has 0 aliphatic rings. The summed E-state index contributed by atoms with van der Waals surface area (Å²) in [5.74, 6) is 0. The summed E-state index contributed by atoms with van der Waals surface area (Å²) in [5, 5.41) is 0. The quantitative estimate of drug-likeness (QED) is 0.495. The summed E-state index contributed by atoms with van der Waals surface area (Å²) in [6, 6.07) is 17.9. The molecule has 0 fully saturated rings.